The number of hydrogen-bond acceptors (Lipinski definition) is 6. The molecule has 1 aromatic carbocycles. The van der Waals surface area contributed by atoms with Crippen LogP contribution in [0.2, 0.25) is 0 Å². The maximum absolute atomic E-state index is 12.1. The minimum atomic E-state index is -0.926. The van der Waals surface area contributed by atoms with E-state index in [0.29, 0.717) is 5.56 Å². The highest BCUT2D eigenvalue weighted by Gasteiger charge is 2.36. The molecule has 3 atom stereocenters. The number of aromatic amines is 1. The van der Waals surface area contributed by atoms with E-state index in [1.165, 1.54) is 21.8 Å². The predicted octanol–water partition coefficient (Wildman–Crippen LogP) is 1.72. The Bertz CT molecular complexity index is 995. The Morgan fingerprint density at radius 1 is 1.39 bits per heavy atom. The molecule has 0 saturated carbocycles. The van der Waals surface area contributed by atoms with E-state index in [9.17, 15) is 19.5 Å². The summed E-state index contributed by atoms with van der Waals surface area (Å²) in [6.45, 7) is 1.76. The first-order valence-corrected chi connectivity index (χ1v) is 9.50. The van der Waals surface area contributed by atoms with Crippen LogP contribution in [0.4, 0.5) is 0 Å². The first-order valence-electron chi connectivity index (χ1n) is 8.58. The van der Waals surface area contributed by atoms with Gasteiger partial charge in [-0.25, -0.2) is 9.59 Å². The van der Waals surface area contributed by atoms with Crippen LogP contribution in [-0.4, -0.2) is 39.4 Å². The van der Waals surface area contributed by atoms with Crippen LogP contribution in [0.25, 0.3) is 6.08 Å². The maximum Gasteiger partial charge on any atom is 0.338 e. The molecule has 0 amide bonds. The van der Waals surface area contributed by atoms with Gasteiger partial charge in [0, 0.05) is 12.6 Å². The molecule has 2 heterocycles. The second-order valence-electron chi connectivity index (χ2n) is 6.44. The number of benzene rings is 1. The molecule has 1 aliphatic heterocycles. The molecule has 0 radical (unpaired) electrons. The summed E-state index contributed by atoms with van der Waals surface area (Å²) in [6.07, 6.45) is 0.469. The molecular formula is C19H19BrN2O6. The van der Waals surface area contributed by atoms with Crippen molar-refractivity contribution in [2.24, 2.45) is 0 Å². The fourth-order valence-electron chi connectivity index (χ4n) is 2.87. The molecule has 148 valence electrons. The van der Waals surface area contributed by atoms with Gasteiger partial charge in [-0.2, -0.15) is 0 Å². The third kappa shape index (κ3) is 4.49. The minimum absolute atomic E-state index is 0.121. The molecule has 3 rings (SSSR count). The number of carbonyl (C=O) groups excluding carboxylic acids is 1. The molecule has 0 bridgehead atoms. The molecule has 8 nitrogen and oxygen atoms in total. The monoisotopic (exact) mass is 450 g/mol. The molecule has 1 fully saturated rings. The van der Waals surface area contributed by atoms with Gasteiger partial charge >= 0.3 is 11.7 Å². The lowest BCUT2D eigenvalue weighted by Crippen LogP contribution is -2.33. The van der Waals surface area contributed by atoms with Crippen molar-refractivity contribution in [2.75, 3.05) is 6.61 Å². The Hall–Kier alpha value is -2.49. The van der Waals surface area contributed by atoms with Crippen molar-refractivity contribution in [3.8, 4) is 0 Å². The predicted molar refractivity (Wildman–Crippen MR) is 105 cm³/mol. The number of rotatable bonds is 5. The summed E-state index contributed by atoms with van der Waals surface area (Å²) in [5.74, 6) is -0.523. The van der Waals surface area contributed by atoms with E-state index < -0.39 is 35.7 Å². The third-order valence-electron chi connectivity index (χ3n) is 4.42. The maximum atomic E-state index is 12.1. The fraction of sp³-hybridized carbons (Fsp3) is 0.316. The Morgan fingerprint density at radius 3 is 2.79 bits per heavy atom. The van der Waals surface area contributed by atoms with Crippen LogP contribution < -0.4 is 11.2 Å². The number of halogens is 1. The average molecular weight is 451 g/mol. The summed E-state index contributed by atoms with van der Waals surface area (Å²) in [5.41, 5.74) is 0.501. The molecule has 0 spiro atoms. The normalized spacial score (nSPS) is 21.9. The first-order chi connectivity index (χ1) is 13.4. The van der Waals surface area contributed by atoms with E-state index in [-0.39, 0.29) is 18.6 Å². The number of hydrogen-bond donors (Lipinski definition) is 2. The first kappa shape index (κ1) is 20.2. The van der Waals surface area contributed by atoms with Gasteiger partial charge in [-0.1, -0.05) is 33.6 Å². The lowest BCUT2D eigenvalue weighted by atomic mass is 10.1. The Morgan fingerprint density at radius 2 is 2.11 bits per heavy atom. The van der Waals surface area contributed by atoms with Gasteiger partial charge < -0.3 is 14.6 Å². The van der Waals surface area contributed by atoms with Crippen LogP contribution in [0.15, 0.2) is 45.0 Å². The number of ether oxygens (including phenoxy) is 2. The van der Waals surface area contributed by atoms with Crippen molar-refractivity contribution >= 4 is 28.0 Å². The van der Waals surface area contributed by atoms with Gasteiger partial charge in [0.1, 0.15) is 18.9 Å². The Kier molecular flexibility index (Phi) is 6.28. The van der Waals surface area contributed by atoms with Crippen LogP contribution in [-0.2, 0) is 9.47 Å². The summed E-state index contributed by atoms with van der Waals surface area (Å²) in [5, 5.41) is 10.2. The Balaban J connectivity index is 1.68. The van der Waals surface area contributed by atoms with E-state index in [1.807, 2.05) is 6.92 Å². The van der Waals surface area contributed by atoms with Gasteiger partial charge in [-0.15, -0.1) is 0 Å². The van der Waals surface area contributed by atoms with Gasteiger partial charge in [-0.3, -0.25) is 14.3 Å². The zero-order chi connectivity index (χ0) is 20.3. The van der Waals surface area contributed by atoms with Crippen molar-refractivity contribution in [3.63, 3.8) is 0 Å². The molecule has 1 aliphatic rings. The fourth-order valence-corrected chi connectivity index (χ4v) is 3.15. The van der Waals surface area contributed by atoms with E-state index in [4.69, 9.17) is 9.47 Å². The highest BCUT2D eigenvalue weighted by molar-refractivity contribution is 9.11. The quantitative estimate of drug-likeness (QED) is 0.670. The summed E-state index contributed by atoms with van der Waals surface area (Å²) in [7, 11) is 0. The number of aliphatic hydroxyl groups is 1. The van der Waals surface area contributed by atoms with Crippen molar-refractivity contribution in [2.45, 2.75) is 31.8 Å². The standard InChI is InChI=1S/C19H19BrN2O6/c1-11-2-4-12(5-3-11)18(25)27-10-15-14(23)8-16(28-15)22-9-13(6-7-20)17(24)21-19(22)26/h2-7,9,14-16,23H,8,10H2,1H3,(H,21,24,26)/t14-,15+,16+/m0/s1. The van der Waals surface area contributed by atoms with Gasteiger partial charge in [0.2, 0.25) is 0 Å². The summed E-state index contributed by atoms with van der Waals surface area (Å²) < 4.78 is 12.1. The molecule has 1 aromatic heterocycles. The van der Waals surface area contributed by atoms with E-state index in [2.05, 4.69) is 20.9 Å². The van der Waals surface area contributed by atoms with Crippen molar-refractivity contribution < 1.29 is 19.4 Å². The lowest BCUT2D eigenvalue weighted by Gasteiger charge is -2.16. The van der Waals surface area contributed by atoms with Crippen LogP contribution in [0, 0.1) is 6.92 Å². The summed E-state index contributed by atoms with van der Waals surface area (Å²) >= 11 is 3.08. The second kappa shape index (κ2) is 8.68. The number of aromatic nitrogens is 2. The number of nitrogens with zero attached hydrogens (tertiary/aromatic N) is 1. The lowest BCUT2D eigenvalue weighted by molar-refractivity contribution is -0.0532. The molecule has 0 unspecified atom stereocenters. The molecule has 0 aliphatic carbocycles. The Labute approximate surface area is 168 Å². The largest absolute Gasteiger partial charge is 0.459 e. The highest BCUT2D eigenvalue weighted by atomic mass is 79.9. The zero-order valence-corrected chi connectivity index (χ0v) is 16.6. The van der Waals surface area contributed by atoms with E-state index in [1.54, 1.807) is 24.3 Å². The van der Waals surface area contributed by atoms with Gasteiger partial charge in [-0.05, 0) is 30.1 Å². The van der Waals surface area contributed by atoms with E-state index >= 15 is 0 Å². The van der Waals surface area contributed by atoms with Gasteiger partial charge in [0.25, 0.3) is 5.56 Å². The van der Waals surface area contributed by atoms with Crippen molar-refractivity contribution in [1.82, 2.24) is 9.55 Å². The zero-order valence-electron chi connectivity index (χ0n) is 15.0. The van der Waals surface area contributed by atoms with Crippen LogP contribution >= 0.6 is 15.9 Å². The van der Waals surface area contributed by atoms with Crippen molar-refractivity contribution in [1.29, 1.82) is 0 Å². The number of carbonyl (C=O) groups is 1. The summed E-state index contributed by atoms with van der Waals surface area (Å²) in [6, 6.07) is 6.92. The summed E-state index contributed by atoms with van der Waals surface area (Å²) in [4.78, 5) is 39.7. The number of H-pyrrole nitrogens is 1. The van der Waals surface area contributed by atoms with E-state index in [0.717, 1.165) is 5.56 Å². The highest BCUT2D eigenvalue weighted by Crippen LogP contribution is 2.28. The molecule has 1 saturated heterocycles. The van der Waals surface area contributed by atoms with Crippen LogP contribution in [0.1, 0.15) is 34.1 Å². The molecule has 2 aromatic rings. The molecule has 28 heavy (non-hydrogen) atoms. The molecular weight excluding hydrogens is 432 g/mol. The van der Waals surface area contributed by atoms with Gasteiger partial charge in [0.05, 0.1) is 17.2 Å². The number of aryl methyl sites for hydroxylation is 1. The topological polar surface area (TPSA) is 111 Å². The van der Waals surface area contributed by atoms with Gasteiger partial charge in [0.15, 0.2) is 0 Å². The smallest absolute Gasteiger partial charge is 0.338 e. The average Bonchev–Trinajstić information content (AvgIpc) is 3.03. The van der Waals surface area contributed by atoms with Crippen LogP contribution in [0.3, 0.4) is 0 Å². The minimum Gasteiger partial charge on any atom is -0.459 e. The number of esters is 1. The van der Waals surface area contributed by atoms with Crippen LogP contribution in [0.5, 0.6) is 0 Å². The number of nitrogens with one attached hydrogen (secondary N) is 1. The third-order valence-corrected chi connectivity index (χ3v) is 4.68. The SMILES string of the molecule is Cc1ccc(C(=O)OC[C@H]2O[C@@H](n3cc(C=CBr)c(=O)[nH]c3=O)C[C@@H]2O)cc1. The van der Waals surface area contributed by atoms with Crippen molar-refractivity contribution in [3.05, 3.63) is 73.0 Å². The molecule has 9 heteroatoms. The molecule has 2 N–H and O–H groups in total. The number of aliphatic hydroxyl groups excluding tert-OH is 1. The second-order valence-corrected chi connectivity index (χ2v) is 6.97.